The van der Waals surface area contributed by atoms with Gasteiger partial charge in [-0.25, -0.2) is 8.42 Å². The summed E-state index contributed by atoms with van der Waals surface area (Å²) in [4.78, 5) is 2.44. The van der Waals surface area contributed by atoms with Crippen LogP contribution in [-0.2, 0) is 14.6 Å². The summed E-state index contributed by atoms with van der Waals surface area (Å²) in [7, 11) is -3.31. The van der Waals surface area contributed by atoms with Crippen molar-refractivity contribution in [2.24, 2.45) is 0 Å². The lowest BCUT2D eigenvalue weighted by Gasteiger charge is -2.35. The SMILES string of the molecule is CCS(=O)(=O)C1(CCN2CCCCC2)c2ccccc2-c2ccccc21. The molecule has 1 saturated heterocycles. The van der Waals surface area contributed by atoms with Gasteiger partial charge in [-0.15, -0.1) is 0 Å². The highest BCUT2D eigenvalue weighted by atomic mass is 32.2. The molecule has 0 spiro atoms. The summed E-state index contributed by atoms with van der Waals surface area (Å²) in [6, 6.07) is 16.2. The van der Waals surface area contributed by atoms with E-state index in [9.17, 15) is 8.42 Å². The van der Waals surface area contributed by atoms with Crippen molar-refractivity contribution in [3.05, 3.63) is 59.7 Å². The van der Waals surface area contributed by atoms with Crippen molar-refractivity contribution < 1.29 is 8.42 Å². The maximum Gasteiger partial charge on any atom is 0.164 e. The van der Waals surface area contributed by atoms with Crippen molar-refractivity contribution in [3.63, 3.8) is 0 Å². The fourth-order valence-corrected chi connectivity index (χ4v) is 6.71. The molecule has 26 heavy (non-hydrogen) atoms. The summed E-state index contributed by atoms with van der Waals surface area (Å²) < 4.78 is 26.1. The van der Waals surface area contributed by atoms with Crippen LogP contribution in [0.3, 0.4) is 0 Å². The van der Waals surface area contributed by atoms with Crippen LogP contribution < -0.4 is 0 Å². The zero-order valence-corrected chi connectivity index (χ0v) is 16.3. The number of likely N-dealkylation sites (tertiary alicyclic amines) is 1. The quantitative estimate of drug-likeness (QED) is 0.792. The molecule has 0 saturated carbocycles. The molecule has 4 heteroatoms. The van der Waals surface area contributed by atoms with E-state index in [1.54, 1.807) is 6.92 Å². The second kappa shape index (κ2) is 6.82. The summed E-state index contributed by atoms with van der Waals surface area (Å²) in [5.41, 5.74) is 4.11. The van der Waals surface area contributed by atoms with Crippen molar-refractivity contribution in [3.8, 4) is 11.1 Å². The van der Waals surface area contributed by atoms with Gasteiger partial charge in [0.05, 0.1) is 0 Å². The number of nitrogens with zero attached hydrogens (tertiary/aromatic N) is 1. The highest BCUT2D eigenvalue weighted by molar-refractivity contribution is 7.92. The summed E-state index contributed by atoms with van der Waals surface area (Å²) in [5, 5.41) is 0. The van der Waals surface area contributed by atoms with Gasteiger partial charge in [0.25, 0.3) is 0 Å². The molecule has 2 aliphatic rings. The molecule has 0 radical (unpaired) electrons. The van der Waals surface area contributed by atoms with E-state index in [4.69, 9.17) is 0 Å². The largest absolute Gasteiger partial charge is 0.303 e. The smallest absolute Gasteiger partial charge is 0.164 e. The van der Waals surface area contributed by atoms with E-state index in [2.05, 4.69) is 17.0 Å². The average molecular weight is 370 g/mol. The first-order chi connectivity index (χ1) is 12.6. The molecule has 3 nitrogen and oxygen atoms in total. The molecule has 0 bridgehead atoms. The Balaban J connectivity index is 1.85. The van der Waals surface area contributed by atoms with Crippen LogP contribution in [-0.4, -0.2) is 38.7 Å². The van der Waals surface area contributed by atoms with E-state index in [0.29, 0.717) is 6.42 Å². The molecule has 1 aliphatic heterocycles. The maximum absolute atomic E-state index is 13.5. The number of sulfone groups is 1. The van der Waals surface area contributed by atoms with Crippen molar-refractivity contribution in [2.75, 3.05) is 25.4 Å². The van der Waals surface area contributed by atoms with E-state index in [1.807, 2.05) is 36.4 Å². The third-order valence-corrected chi connectivity index (χ3v) is 8.62. The predicted octanol–water partition coefficient (Wildman–Crippen LogP) is 4.22. The van der Waals surface area contributed by atoms with Gasteiger partial charge in [0.2, 0.25) is 0 Å². The Morgan fingerprint density at radius 3 is 1.96 bits per heavy atom. The van der Waals surface area contributed by atoms with E-state index in [-0.39, 0.29) is 5.75 Å². The lowest BCUT2D eigenvalue weighted by Crippen LogP contribution is -2.41. The second-order valence-corrected chi connectivity index (χ2v) is 9.98. The van der Waals surface area contributed by atoms with E-state index in [1.165, 1.54) is 19.3 Å². The number of rotatable bonds is 5. The minimum Gasteiger partial charge on any atom is -0.303 e. The van der Waals surface area contributed by atoms with Gasteiger partial charge in [0.15, 0.2) is 9.84 Å². The van der Waals surface area contributed by atoms with E-state index >= 15 is 0 Å². The number of fused-ring (bicyclic) bond motifs is 3. The van der Waals surface area contributed by atoms with Crippen molar-refractivity contribution in [1.29, 1.82) is 0 Å². The highest BCUT2D eigenvalue weighted by Gasteiger charge is 2.51. The molecule has 1 aliphatic carbocycles. The Morgan fingerprint density at radius 1 is 0.885 bits per heavy atom. The third-order valence-electron chi connectivity index (χ3n) is 6.15. The van der Waals surface area contributed by atoms with Crippen LogP contribution >= 0.6 is 0 Å². The monoisotopic (exact) mass is 369 g/mol. The minimum absolute atomic E-state index is 0.162. The topological polar surface area (TPSA) is 37.4 Å². The van der Waals surface area contributed by atoms with Crippen molar-refractivity contribution in [1.82, 2.24) is 4.90 Å². The van der Waals surface area contributed by atoms with Crippen molar-refractivity contribution >= 4 is 9.84 Å². The Hall–Kier alpha value is -1.65. The zero-order chi connectivity index (χ0) is 18.2. The van der Waals surface area contributed by atoms with Gasteiger partial charge in [-0.2, -0.15) is 0 Å². The molecule has 0 atom stereocenters. The normalized spacial score (nSPS) is 19.1. The molecule has 138 valence electrons. The zero-order valence-electron chi connectivity index (χ0n) is 15.4. The van der Waals surface area contributed by atoms with Crippen LogP contribution in [0.1, 0.15) is 43.7 Å². The Labute approximate surface area is 157 Å². The van der Waals surface area contributed by atoms with Crippen LogP contribution in [0, 0.1) is 0 Å². The molecule has 2 aromatic rings. The predicted molar refractivity (Wildman–Crippen MR) is 107 cm³/mol. The van der Waals surface area contributed by atoms with Gasteiger partial charge in [-0.05, 0) is 54.6 Å². The standard InChI is InChI=1S/C22H27NO2S/c1-2-26(24,25)22(14-17-23-15-8-3-9-16-23)20-12-6-4-10-18(20)19-11-5-7-13-21(19)22/h4-7,10-13H,2-3,8-9,14-17H2,1H3. The van der Waals surface area contributed by atoms with Gasteiger partial charge in [0.1, 0.15) is 4.75 Å². The van der Waals surface area contributed by atoms with Gasteiger partial charge in [-0.1, -0.05) is 61.9 Å². The molecular formula is C22H27NO2S. The first kappa shape index (κ1) is 17.7. The number of hydrogen-bond donors (Lipinski definition) is 0. The summed E-state index contributed by atoms with van der Waals surface area (Å²) in [6.45, 7) is 4.79. The summed E-state index contributed by atoms with van der Waals surface area (Å²) in [5.74, 6) is 0.162. The number of piperidine rings is 1. The molecule has 0 unspecified atom stereocenters. The first-order valence-electron chi connectivity index (χ1n) is 9.74. The van der Waals surface area contributed by atoms with Crippen LogP contribution in [0.4, 0.5) is 0 Å². The second-order valence-electron chi connectivity index (χ2n) is 7.47. The lowest BCUT2D eigenvalue weighted by molar-refractivity contribution is 0.220. The van der Waals surface area contributed by atoms with Crippen LogP contribution in [0.25, 0.3) is 11.1 Å². The van der Waals surface area contributed by atoms with Crippen molar-refractivity contribution in [2.45, 2.75) is 37.4 Å². The molecule has 0 N–H and O–H groups in total. The third kappa shape index (κ3) is 2.62. The minimum atomic E-state index is -3.31. The van der Waals surface area contributed by atoms with E-state index in [0.717, 1.165) is 41.9 Å². The Morgan fingerprint density at radius 2 is 1.42 bits per heavy atom. The van der Waals surface area contributed by atoms with Crippen LogP contribution in [0.2, 0.25) is 0 Å². The van der Waals surface area contributed by atoms with E-state index < -0.39 is 14.6 Å². The fourth-order valence-electron chi connectivity index (χ4n) is 4.79. The van der Waals surface area contributed by atoms with Gasteiger partial charge in [0, 0.05) is 12.3 Å². The molecule has 0 amide bonds. The van der Waals surface area contributed by atoms with Crippen LogP contribution in [0.15, 0.2) is 48.5 Å². The fraction of sp³-hybridized carbons (Fsp3) is 0.455. The Bertz CT molecular complexity index is 852. The van der Waals surface area contributed by atoms with Gasteiger partial charge in [-0.3, -0.25) is 0 Å². The first-order valence-corrected chi connectivity index (χ1v) is 11.4. The molecule has 0 aromatic heterocycles. The lowest BCUT2D eigenvalue weighted by atomic mass is 9.91. The molecule has 1 fully saturated rings. The van der Waals surface area contributed by atoms with Gasteiger partial charge < -0.3 is 4.90 Å². The number of hydrogen-bond acceptors (Lipinski definition) is 3. The summed E-state index contributed by atoms with van der Waals surface area (Å²) in [6.07, 6.45) is 4.37. The molecular weight excluding hydrogens is 342 g/mol. The Kier molecular flexibility index (Phi) is 4.66. The number of benzene rings is 2. The average Bonchev–Trinajstić information content (AvgIpc) is 2.99. The molecule has 2 aromatic carbocycles. The maximum atomic E-state index is 13.5. The van der Waals surface area contributed by atoms with Crippen LogP contribution in [0.5, 0.6) is 0 Å². The molecule has 1 heterocycles. The highest BCUT2D eigenvalue weighted by Crippen LogP contribution is 2.54. The molecule has 4 rings (SSSR count). The van der Waals surface area contributed by atoms with Gasteiger partial charge >= 0.3 is 0 Å². The summed E-state index contributed by atoms with van der Waals surface area (Å²) >= 11 is 0.